The fourth-order valence-corrected chi connectivity index (χ4v) is 2.70. The predicted octanol–water partition coefficient (Wildman–Crippen LogP) is 3.58. The first-order chi connectivity index (χ1) is 9.65. The smallest absolute Gasteiger partial charge is 0.133 e. The molecule has 0 spiro atoms. The third-order valence-electron chi connectivity index (χ3n) is 3.94. The van der Waals surface area contributed by atoms with Crippen LogP contribution in [-0.2, 0) is 4.79 Å². The van der Waals surface area contributed by atoms with E-state index in [9.17, 15) is 4.79 Å². The van der Waals surface area contributed by atoms with Crippen molar-refractivity contribution >= 4 is 6.29 Å². The molecule has 0 aliphatic rings. The van der Waals surface area contributed by atoms with Crippen LogP contribution in [-0.4, -0.2) is 55.4 Å². The highest BCUT2D eigenvalue weighted by Gasteiger charge is 2.11. The lowest BCUT2D eigenvalue weighted by molar-refractivity contribution is -0.108. The molecule has 120 valence electrons. The van der Waals surface area contributed by atoms with Gasteiger partial charge in [0.25, 0.3) is 0 Å². The van der Waals surface area contributed by atoms with Gasteiger partial charge in [-0.1, -0.05) is 33.1 Å². The van der Waals surface area contributed by atoms with E-state index in [0.29, 0.717) is 6.54 Å². The fourth-order valence-electron chi connectivity index (χ4n) is 2.70. The van der Waals surface area contributed by atoms with Gasteiger partial charge < -0.3 is 9.69 Å². The Balaban J connectivity index is 3.59. The van der Waals surface area contributed by atoms with Crippen LogP contribution in [0.3, 0.4) is 0 Å². The van der Waals surface area contributed by atoms with Crippen LogP contribution >= 0.6 is 0 Å². The first kappa shape index (κ1) is 19.6. The molecular formula is C17H36N2O. The Bertz CT molecular complexity index is 215. The molecule has 0 unspecified atom stereocenters. The molecule has 0 aliphatic heterocycles. The van der Waals surface area contributed by atoms with E-state index in [1.807, 2.05) is 7.05 Å². The summed E-state index contributed by atoms with van der Waals surface area (Å²) in [6.07, 6.45) is 9.99. The van der Waals surface area contributed by atoms with Crippen molar-refractivity contribution in [2.45, 2.75) is 71.8 Å². The zero-order valence-corrected chi connectivity index (χ0v) is 14.2. The van der Waals surface area contributed by atoms with E-state index in [-0.39, 0.29) is 0 Å². The van der Waals surface area contributed by atoms with Gasteiger partial charge in [-0.3, -0.25) is 4.90 Å². The average molecular weight is 284 g/mol. The van der Waals surface area contributed by atoms with Gasteiger partial charge in [0.15, 0.2) is 0 Å². The molecule has 1 atom stereocenters. The molecule has 0 bridgehead atoms. The van der Waals surface area contributed by atoms with Crippen LogP contribution in [0, 0.1) is 0 Å². The minimum atomic E-state index is 0.569. The maximum absolute atomic E-state index is 10.3. The second-order valence-electron chi connectivity index (χ2n) is 6.02. The molecule has 0 radical (unpaired) electrons. The summed E-state index contributed by atoms with van der Waals surface area (Å²) < 4.78 is 0. The normalized spacial score (nSPS) is 13.1. The third-order valence-corrected chi connectivity index (χ3v) is 3.94. The minimum Gasteiger partial charge on any atom is -0.302 e. The van der Waals surface area contributed by atoms with Gasteiger partial charge >= 0.3 is 0 Å². The number of nitrogens with zero attached hydrogens (tertiary/aromatic N) is 2. The molecule has 0 aromatic carbocycles. The van der Waals surface area contributed by atoms with Gasteiger partial charge in [0.2, 0.25) is 0 Å². The zero-order valence-electron chi connectivity index (χ0n) is 14.2. The standard InChI is InChI=1S/C17H36N2O/c1-5-12-19(13-6-2)17(3)11-9-7-8-10-14-18(4)15-16-20/h16-17H,5-15H2,1-4H3/t17-/m0/s1. The number of aldehydes is 1. The van der Waals surface area contributed by atoms with Crippen molar-refractivity contribution in [1.82, 2.24) is 9.80 Å². The molecule has 0 rings (SSSR count). The number of hydrogen-bond donors (Lipinski definition) is 0. The molecule has 0 saturated carbocycles. The Labute approximate surface area is 126 Å². The van der Waals surface area contributed by atoms with E-state index in [2.05, 4.69) is 30.6 Å². The van der Waals surface area contributed by atoms with Crippen molar-refractivity contribution in [3.8, 4) is 0 Å². The van der Waals surface area contributed by atoms with Crippen molar-refractivity contribution in [2.24, 2.45) is 0 Å². The van der Waals surface area contributed by atoms with Crippen molar-refractivity contribution in [3.63, 3.8) is 0 Å². The van der Waals surface area contributed by atoms with Crippen LogP contribution in [0.25, 0.3) is 0 Å². The summed E-state index contributed by atoms with van der Waals surface area (Å²) in [4.78, 5) is 15.1. The molecule has 3 nitrogen and oxygen atoms in total. The van der Waals surface area contributed by atoms with E-state index in [1.54, 1.807) is 0 Å². The number of likely N-dealkylation sites (N-methyl/N-ethyl adjacent to an activating group) is 1. The van der Waals surface area contributed by atoms with E-state index < -0.39 is 0 Å². The lowest BCUT2D eigenvalue weighted by Gasteiger charge is -2.28. The molecule has 0 saturated heterocycles. The Kier molecular flexibility index (Phi) is 13.3. The largest absolute Gasteiger partial charge is 0.302 e. The Morgan fingerprint density at radius 1 is 0.950 bits per heavy atom. The second kappa shape index (κ2) is 13.6. The van der Waals surface area contributed by atoms with Gasteiger partial charge in [0, 0.05) is 6.04 Å². The highest BCUT2D eigenvalue weighted by atomic mass is 16.1. The fraction of sp³-hybridized carbons (Fsp3) is 0.941. The zero-order chi connectivity index (χ0) is 15.2. The van der Waals surface area contributed by atoms with Gasteiger partial charge in [0.1, 0.15) is 6.29 Å². The van der Waals surface area contributed by atoms with Crippen LogP contribution < -0.4 is 0 Å². The monoisotopic (exact) mass is 284 g/mol. The number of carbonyl (C=O) groups is 1. The predicted molar refractivity (Wildman–Crippen MR) is 88.3 cm³/mol. The average Bonchev–Trinajstić information content (AvgIpc) is 2.42. The number of rotatable bonds is 14. The summed E-state index contributed by atoms with van der Waals surface area (Å²) in [5, 5.41) is 0. The van der Waals surface area contributed by atoms with E-state index in [4.69, 9.17) is 0 Å². The van der Waals surface area contributed by atoms with Crippen LogP contribution in [0.1, 0.15) is 65.7 Å². The molecule has 20 heavy (non-hydrogen) atoms. The summed E-state index contributed by atoms with van der Waals surface area (Å²) in [5.41, 5.74) is 0. The molecule has 0 amide bonds. The van der Waals surface area contributed by atoms with Gasteiger partial charge in [0.05, 0.1) is 6.54 Å². The molecule has 3 heteroatoms. The van der Waals surface area contributed by atoms with Gasteiger partial charge in [-0.05, 0) is 59.3 Å². The molecule has 0 aromatic rings. The molecule has 0 N–H and O–H groups in total. The third kappa shape index (κ3) is 10.4. The van der Waals surface area contributed by atoms with Crippen LogP contribution in [0.5, 0.6) is 0 Å². The maximum atomic E-state index is 10.3. The highest BCUT2D eigenvalue weighted by Crippen LogP contribution is 2.12. The van der Waals surface area contributed by atoms with Gasteiger partial charge in [-0.2, -0.15) is 0 Å². The van der Waals surface area contributed by atoms with E-state index in [1.165, 1.54) is 58.0 Å². The van der Waals surface area contributed by atoms with Crippen molar-refractivity contribution in [1.29, 1.82) is 0 Å². The summed E-state index contributed by atoms with van der Waals surface area (Å²) >= 11 is 0. The minimum absolute atomic E-state index is 0.569. The van der Waals surface area contributed by atoms with Crippen LogP contribution in [0.15, 0.2) is 0 Å². The molecule has 0 aromatic heterocycles. The number of carbonyl (C=O) groups excluding carboxylic acids is 1. The van der Waals surface area contributed by atoms with Crippen LogP contribution in [0.4, 0.5) is 0 Å². The summed E-state index contributed by atoms with van der Waals surface area (Å²) in [5.74, 6) is 0. The van der Waals surface area contributed by atoms with Crippen molar-refractivity contribution in [3.05, 3.63) is 0 Å². The Hall–Kier alpha value is -0.410. The van der Waals surface area contributed by atoms with E-state index in [0.717, 1.165) is 18.9 Å². The van der Waals surface area contributed by atoms with E-state index >= 15 is 0 Å². The molecule has 0 heterocycles. The van der Waals surface area contributed by atoms with Gasteiger partial charge in [-0.25, -0.2) is 0 Å². The van der Waals surface area contributed by atoms with Gasteiger partial charge in [-0.15, -0.1) is 0 Å². The first-order valence-corrected chi connectivity index (χ1v) is 8.51. The summed E-state index contributed by atoms with van der Waals surface area (Å²) in [6, 6.07) is 0.729. The Morgan fingerprint density at radius 3 is 2.10 bits per heavy atom. The lowest BCUT2D eigenvalue weighted by Crippen LogP contribution is -2.34. The second-order valence-corrected chi connectivity index (χ2v) is 6.02. The van der Waals surface area contributed by atoms with Crippen molar-refractivity contribution in [2.75, 3.05) is 33.2 Å². The number of hydrogen-bond acceptors (Lipinski definition) is 3. The molecular weight excluding hydrogens is 248 g/mol. The summed E-state index contributed by atoms with van der Waals surface area (Å²) in [6.45, 7) is 11.0. The molecule has 0 aliphatic carbocycles. The topological polar surface area (TPSA) is 23.6 Å². The van der Waals surface area contributed by atoms with Crippen molar-refractivity contribution < 1.29 is 4.79 Å². The number of unbranched alkanes of at least 4 members (excludes halogenated alkanes) is 3. The highest BCUT2D eigenvalue weighted by molar-refractivity contribution is 5.51. The maximum Gasteiger partial charge on any atom is 0.133 e. The summed E-state index contributed by atoms with van der Waals surface area (Å²) in [7, 11) is 2.02. The quantitative estimate of drug-likeness (QED) is 0.360. The SMILES string of the molecule is CCCN(CCC)[C@@H](C)CCCCCCN(C)CC=O. The first-order valence-electron chi connectivity index (χ1n) is 8.51. The van der Waals surface area contributed by atoms with Crippen LogP contribution in [0.2, 0.25) is 0 Å². The Morgan fingerprint density at radius 2 is 1.55 bits per heavy atom. The lowest BCUT2D eigenvalue weighted by atomic mass is 10.1. The molecule has 0 fully saturated rings.